The third kappa shape index (κ3) is 3.40. The number of hydrogen-bond acceptors (Lipinski definition) is 3. The summed E-state index contributed by atoms with van der Waals surface area (Å²) in [5.74, 6) is 0. The van der Waals surface area contributed by atoms with E-state index >= 15 is 0 Å². The Bertz CT molecular complexity index is 435. The molecular weight excluding hydrogens is 248 g/mol. The highest BCUT2D eigenvalue weighted by molar-refractivity contribution is 5.39. The zero-order valence-electron chi connectivity index (χ0n) is 13.5. The predicted molar refractivity (Wildman–Crippen MR) is 84.3 cm³/mol. The lowest BCUT2D eigenvalue weighted by Gasteiger charge is -2.26. The van der Waals surface area contributed by atoms with Crippen molar-refractivity contribution in [3.8, 4) is 0 Å². The van der Waals surface area contributed by atoms with Crippen LogP contribution >= 0.6 is 0 Å². The number of likely N-dealkylation sites (tertiary alicyclic amines) is 1. The molecule has 1 aliphatic rings. The van der Waals surface area contributed by atoms with E-state index < -0.39 is 0 Å². The van der Waals surface area contributed by atoms with Gasteiger partial charge in [0.15, 0.2) is 0 Å². The Hall–Kier alpha value is -0.900. The van der Waals surface area contributed by atoms with Crippen molar-refractivity contribution < 1.29 is 4.74 Å². The molecule has 1 aliphatic heterocycles. The standard InChI is InChI=1S/C17H28N2O/c1-12-8-13(2)17(14(3)9-12)16(18-4)11-19-7-6-15(10-19)20-5/h8-9,15-16,18H,6-7,10-11H2,1-5H3. The van der Waals surface area contributed by atoms with Crippen molar-refractivity contribution >= 4 is 0 Å². The van der Waals surface area contributed by atoms with Crippen molar-refractivity contribution in [3.05, 3.63) is 34.4 Å². The molecule has 0 aromatic heterocycles. The number of methoxy groups -OCH3 is 1. The van der Waals surface area contributed by atoms with Crippen molar-refractivity contribution in [2.24, 2.45) is 0 Å². The largest absolute Gasteiger partial charge is 0.380 e. The average Bonchev–Trinajstić information content (AvgIpc) is 2.84. The maximum absolute atomic E-state index is 5.46. The van der Waals surface area contributed by atoms with Gasteiger partial charge in [0.05, 0.1) is 6.10 Å². The number of nitrogens with one attached hydrogen (secondary N) is 1. The van der Waals surface area contributed by atoms with Crippen LogP contribution in [0.2, 0.25) is 0 Å². The predicted octanol–water partition coefficient (Wildman–Crippen LogP) is 2.59. The topological polar surface area (TPSA) is 24.5 Å². The number of ether oxygens (including phenoxy) is 1. The molecule has 1 N–H and O–H groups in total. The van der Waals surface area contributed by atoms with E-state index in [0.717, 1.165) is 26.1 Å². The van der Waals surface area contributed by atoms with Crippen molar-refractivity contribution in [2.45, 2.75) is 39.3 Å². The molecule has 1 fully saturated rings. The van der Waals surface area contributed by atoms with Gasteiger partial charge in [-0.05, 0) is 50.9 Å². The maximum atomic E-state index is 5.46. The van der Waals surface area contributed by atoms with Crippen LogP contribution in [-0.4, -0.2) is 44.8 Å². The van der Waals surface area contributed by atoms with Crippen LogP contribution in [0.5, 0.6) is 0 Å². The fourth-order valence-electron chi connectivity index (χ4n) is 3.48. The van der Waals surface area contributed by atoms with E-state index in [2.05, 4.69) is 50.2 Å². The monoisotopic (exact) mass is 276 g/mol. The van der Waals surface area contributed by atoms with Crippen molar-refractivity contribution in [2.75, 3.05) is 33.8 Å². The Morgan fingerprint density at radius 2 is 1.95 bits per heavy atom. The first-order valence-corrected chi connectivity index (χ1v) is 7.55. The van der Waals surface area contributed by atoms with Crippen LogP contribution in [0.4, 0.5) is 0 Å². The summed E-state index contributed by atoms with van der Waals surface area (Å²) in [4.78, 5) is 2.51. The molecule has 2 atom stereocenters. The third-order valence-corrected chi connectivity index (χ3v) is 4.44. The minimum absolute atomic E-state index is 0.395. The normalized spacial score (nSPS) is 21.4. The van der Waals surface area contributed by atoms with Gasteiger partial charge in [0.25, 0.3) is 0 Å². The summed E-state index contributed by atoms with van der Waals surface area (Å²) in [6.07, 6.45) is 1.56. The fourth-order valence-corrected chi connectivity index (χ4v) is 3.48. The van der Waals surface area contributed by atoms with Crippen LogP contribution < -0.4 is 5.32 Å². The van der Waals surface area contributed by atoms with Gasteiger partial charge in [-0.15, -0.1) is 0 Å². The lowest BCUT2D eigenvalue weighted by molar-refractivity contribution is 0.107. The zero-order chi connectivity index (χ0) is 14.7. The molecule has 0 radical (unpaired) electrons. The Labute approximate surface area is 123 Å². The molecule has 3 heteroatoms. The van der Waals surface area contributed by atoms with Crippen LogP contribution in [0.3, 0.4) is 0 Å². The third-order valence-electron chi connectivity index (χ3n) is 4.44. The molecule has 0 bridgehead atoms. The summed E-state index contributed by atoms with van der Waals surface area (Å²) >= 11 is 0. The molecular formula is C17H28N2O. The van der Waals surface area contributed by atoms with Gasteiger partial charge in [-0.25, -0.2) is 0 Å². The van der Waals surface area contributed by atoms with Gasteiger partial charge >= 0.3 is 0 Å². The first-order chi connectivity index (χ1) is 9.55. The smallest absolute Gasteiger partial charge is 0.0710 e. The van der Waals surface area contributed by atoms with E-state index in [1.54, 1.807) is 0 Å². The quantitative estimate of drug-likeness (QED) is 0.894. The first kappa shape index (κ1) is 15.5. The van der Waals surface area contributed by atoms with E-state index in [9.17, 15) is 0 Å². The van der Waals surface area contributed by atoms with Crippen molar-refractivity contribution in [3.63, 3.8) is 0 Å². The zero-order valence-corrected chi connectivity index (χ0v) is 13.5. The Morgan fingerprint density at radius 3 is 2.45 bits per heavy atom. The van der Waals surface area contributed by atoms with E-state index in [1.807, 2.05) is 7.11 Å². The molecule has 112 valence electrons. The lowest BCUT2D eigenvalue weighted by Crippen LogP contribution is -2.34. The molecule has 0 saturated carbocycles. The first-order valence-electron chi connectivity index (χ1n) is 7.55. The van der Waals surface area contributed by atoms with Gasteiger partial charge in [-0.1, -0.05) is 17.7 Å². The minimum Gasteiger partial charge on any atom is -0.380 e. The number of aryl methyl sites for hydroxylation is 3. The van der Waals surface area contributed by atoms with Crippen molar-refractivity contribution in [1.82, 2.24) is 10.2 Å². The van der Waals surface area contributed by atoms with Gasteiger partial charge < -0.3 is 10.1 Å². The Morgan fingerprint density at radius 1 is 1.30 bits per heavy atom. The maximum Gasteiger partial charge on any atom is 0.0710 e. The molecule has 0 aliphatic carbocycles. The number of benzene rings is 1. The fraction of sp³-hybridized carbons (Fsp3) is 0.647. The second-order valence-electron chi connectivity index (χ2n) is 6.06. The van der Waals surface area contributed by atoms with Crippen LogP contribution in [0, 0.1) is 20.8 Å². The molecule has 3 nitrogen and oxygen atoms in total. The number of hydrogen-bond donors (Lipinski definition) is 1. The van der Waals surface area contributed by atoms with Crippen LogP contribution in [0.25, 0.3) is 0 Å². The average molecular weight is 276 g/mol. The van der Waals surface area contributed by atoms with Gasteiger partial charge in [-0.2, -0.15) is 0 Å². The summed E-state index contributed by atoms with van der Waals surface area (Å²) in [5.41, 5.74) is 5.59. The molecule has 0 amide bonds. The molecule has 1 saturated heterocycles. The molecule has 2 rings (SSSR count). The second-order valence-corrected chi connectivity index (χ2v) is 6.06. The van der Waals surface area contributed by atoms with Gasteiger partial charge in [0.1, 0.15) is 0 Å². The number of rotatable bonds is 5. The van der Waals surface area contributed by atoms with Crippen molar-refractivity contribution in [1.29, 1.82) is 0 Å². The Balaban J connectivity index is 2.13. The van der Waals surface area contributed by atoms with E-state index in [-0.39, 0.29) is 0 Å². The van der Waals surface area contributed by atoms with Crippen LogP contribution in [0.15, 0.2) is 12.1 Å². The summed E-state index contributed by atoms with van der Waals surface area (Å²) in [6.45, 7) is 9.87. The molecule has 1 aromatic rings. The highest BCUT2D eigenvalue weighted by Gasteiger charge is 2.25. The van der Waals surface area contributed by atoms with E-state index in [1.165, 1.54) is 22.3 Å². The summed E-state index contributed by atoms with van der Waals surface area (Å²) < 4.78 is 5.46. The van der Waals surface area contributed by atoms with Gasteiger partial charge in [0.2, 0.25) is 0 Å². The summed E-state index contributed by atoms with van der Waals surface area (Å²) in [6, 6.07) is 4.97. The van der Waals surface area contributed by atoms with Crippen LogP contribution in [-0.2, 0) is 4.74 Å². The van der Waals surface area contributed by atoms with E-state index in [4.69, 9.17) is 4.74 Å². The summed E-state index contributed by atoms with van der Waals surface area (Å²) in [5, 5.41) is 3.50. The minimum atomic E-state index is 0.395. The van der Waals surface area contributed by atoms with Gasteiger partial charge in [0, 0.05) is 32.8 Å². The molecule has 20 heavy (non-hydrogen) atoms. The van der Waals surface area contributed by atoms with Crippen LogP contribution in [0.1, 0.15) is 34.7 Å². The van der Waals surface area contributed by atoms with Gasteiger partial charge in [-0.3, -0.25) is 4.90 Å². The molecule has 1 heterocycles. The van der Waals surface area contributed by atoms with E-state index in [0.29, 0.717) is 12.1 Å². The highest BCUT2D eigenvalue weighted by Crippen LogP contribution is 2.25. The number of likely N-dealkylation sites (N-methyl/N-ethyl adjacent to an activating group) is 1. The number of nitrogens with zero attached hydrogens (tertiary/aromatic N) is 1. The Kier molecular flexibility index (Phi) is 5.19. The molecule has 2 unspecified atom stereocenters. The lowest BCUT2D eigenvalue weighted by atomic mass is 9.94. The second kappa shape index (κ2) is 6.70. The SMILES string of the molecule is CNC(CN1CCC(OC)C1)c1c(C)cc(C)cc1C. The molecule has 0 spiro atoms. The summed E-state index contributed by atoms with van der Waals surface area (Å²) in [7, 11) is 3.88. The highest BCUT2D eigenvalue weighted by atomic mass is 16.5. The molecule has 1 aromatic carbocycles.